The number of rotatable bonds is 5. The summed E-state index contributed by atoms with van der Waals surface area (Å²) in [5.74, 6) is 0.271. The van der Waals surface area contributed by atoms with E-state index in [1.54, 1.807) is 41.1 Å². The van der Waals surface area contributed by atoms with Crippen molar-refractivity contribution in [3.63, 3.8) is 0 Å². The second-order valence-electron chi connectivity index (χ2n) is 7.13. The molecule has 3 aromatic rings. The number of aromatic nitrogens is 3. The zero-order chi connectivity index (χ0) is 20.5. The molecule has 1 aromatic carbocycles. The predicted octanol–water partition coefficient (Wildman–Crippen LogP) is 4.14. The fraction of sp³-hybridized carbons (Fsp3) is 0.238. The molecule has 2 N–H and O–H groups in total. The van der Waals surface area contributed by atoms with Gasteiger partial charge in [0.25, 0.3) is 5.91 Å². The van der Waals surface area contributed by atoms with Crippen LogP contribution in [0.1, 0.15) is 34.7 Å². The molecule has 0 atom stereocenters. The largest absolute Gasteiger partial charge is 0.326 e. The first-order chi connectivity index (χ1) is 13.9. The third-order valence-corrected chi connectivity index (χ3v) is 4.94. The van der Waals surface area contributed by atoms with E-state index in [0.717, 1.165) is 24.2 Å². The summed E-state index contributed by atoms with van der Waals surface area (Å²) in [6, 6.07) is 12.2. The average Bonchev–Trinajstić information content (AvgIpc) is 3.48. The van der Waals surface area contributed by atoms with Gasteiger partial charge in [0.1, 0.15) is 5.69 Å². The van der Waals surface area contributed by atoms with E-state index >= 15 is 0 Å². The maximum atomic E-state index is 12.7. The van der Waals surface area contributed by atoms with Gasteiger partial charge in [0.2, 0.25) is 5.91 Å². The highest BCUT2D eigenvalue weighted by Gasteiger charge is 2.29. The van der Waals surface area contributed by atoms with Crippen LogP contribution in [0.15, 0.2) is 42.5 Å². The Labute approximate surface area is 173 Å². The normalized spacial score (nSPS) is 13.2. The Morgan fingerprint density at radius 1 is 1.03 bits per heavy atom. The Kier molecular flexibility index (Phi) is 5.07. The topological polar surface area (TPSA) is 88.9 Å². The molecule has 8 heteroatoms. The van der Waals surface area contributed by atoms with Crippen molar-refractivity contribution >= 4 is 34.8 Å². The van der Waals surface area contributed by atoms with Gasteiger partial charge < -0.3 is 10.6 Å². The molecule has 0 aliphatic heterocycles. The summed E-state index contributed by atoms with van der Waals surface area (Å²) < 4.78 is 1.67. The van der Waals surface area contributed by atoms with E-state index in [2.05, 4.69) is 20.7 Å². The zero-order valence-electron chi connectivity index (χ0n) is 16.1. The van der Waals surface area contributed by atoms with Gasteiger partial charge in [-0.25, -0.2) is 9.67 Å². The number of benzene rings is 1. The van der Waals surface area contributed by atoms with Gasteiger partial charge in [-0.05, 0) is 69.2 Å². The van der Waals surface area contributed by atoms with Crippen LogP contribution in [0.3, 0.4) is 0 Å². The number of halogens is 1. The maximum Gasteiger partial charge on any atom is 0.275 e. The van der Waals surface area contributed by atoms with Crippen LogP contribution in [0.25, 0.3) is 5.82 Å². The number of carbonyl (C=O) groups excluding carboxylic acids is 2. The number of hydrogen-bond acceptors (Lipinski definition) is 4. The molecule has 2 heterocycles. The number of anilines is 2. The maximum absolute atomic E-state index is 12.7. The van der Waals surface area contributed by atoms with Crippen LogP contribution in [0, 0.1) is 19.8 Å². The summed E-state index contributed by atoms with van der Waals surface area (Å²) in [5.41, 5.74) is 3.16. The molecule has 2 amide bonds. The molecule has 0 bridgehead atoms. The van der Waals surface area contributed by atoms with E-state index in [9.17, 15) is 9.59 Å². The Hall–Kier alpha value is -3.19. The number of nitrogens with zero attached hydrogens (tertiary/aromatic N) is 3. The molecular formula is C21H20ClN5O2. The second kappa shape index (κ2) is 7.67. The van der Waals surface area contributed by atoms with Crippen molar-refractivity contribution in [2.45, 2.75) is 26.7 Å². The molecule has 29 heavy (non-hydrogen) atoms. The molecule has 1 fully saturated rings. The number of carbonyl (C=O) groups is 2. The van der Waals surface area contributed by atoms with Gasteiger partial charge in [0.15, 0.2) is 5.82 Å². The molecule has 7 nitrogen and oxygen atoms in total. The average molecular weight is 410 g/mol. The smallest absolute Gasteiger partial charge is 0.275 e. The Morgan fingerprint density at radius 2 is 1.69 bits per heavy atom. The summed E-state index contributed by atoms with van der Waals surface area (Å²) in [6.45, 7) is 3.81. The first-order valence-corrected chi connectivity index (χ1v) is 9.71. The molecule has 2 aromatic heterocycles. The summed E-state index contributed by atoms with van der Waals surface area (Å²) in [4.78, 5) is 28.9. The van der Waals surface area contributed by atoms with Crippen LogP contribution in [0.2, 0.25) is 5.02 Å². The lowest BCUT2D eigenvalue weighted by Gasteiger charge is -2.10. The summed E-state index contributed by atoms with van der Waals surface area (Å²) in [7, 11) is 0. The van der Waals surface area contributed by atoms with Crippen LogP contribution in [0.5, 0.6) is 0 Å². The van der Waals surface area contributed by atoms with Crippen molar-refractivity contribution in [1.29, 1.82) is 0 Å². The summed E-state index contributed by atoms with van der Waals surface area (Å²) in [6.07, 6.45) is 1.90. The standard InChI is InChI=1S/C21H20ClN5O2/c1-12-11-13(2)27(26-12)18-10-9-17(22)19(25-18)21(29)24-16-7-5-15(6-8-16)23-20(28)14-3-4-14/h5-11,14H,3-4H2,1-2H3,(H,23,28)(H,24,29). The van der Waals surface area contributed by atoms with Crippen molar-refractivity contribution in [3.05, 3.63) is 64.6 Å². The van der Waals surface area contributed by atoms with E-state index in [-0.39, 0.29) is 22.5 Å². The zero-order valence-corrected chi connectivity index (χ0v) is 16.8. The van der Waals surface area contributed by atoms with Gasteiger partial charge in [-0.2, -0.15) is 5.10 Å². The highest BCUT2D eigenvalue weighted by molar-refractivity contribution is 6.34. The molecule has 0 unspecified atom stereocenters. The van der Waals surface area contributed by atoms with Crippen LogP contribution < -0.4 is 10.6 Å². The SMILES string of the molecule is Cc1cc(C)n(-c2ccc(Cl)c(C(=O)Nc3ccc(NC(=O)C4CC4)cc3)n2)n1. The fourth-order valence-electron chi connectivity index (χ4n) is 2.99. The van der Waals surface area contributed by atoms with Crippen molar-refractivity contribution in [2.24, 2.45) is 5.92 Å². The Morgan fingerprint density at radius 3 is 2.28 bits per heavy atom. The fourth-order valence-corrected chi connectivity index (χ4v) is 3.18. The van der Waals surface area contributed by atoms with E-state index in [4.69, 9.17) is 11.6 Å². The lowest BCUT2D eigenvalue weighted by molar-refractivity contribution is -0.117. The minimum Gasteiger partial charge on any atom is -0.326 e. The molecule has 0 radical (unpaired) electrons. The van der Waals surface area contributed by atoms with Gasteiger partial charge in [-0.3, -0.25) is 9.59 Å². The highest BCUT2D eigenvalue weighted by Crippen LogP contribution is 2.30. The van der Waals surface area contributed by atoms with E-state index < -0.39 is 5.91 Å². The minimum absolute atomic E-state index is 0.0405. The number of aryl methyl sites for hydroxylation is 2. The van der Waals surface area contributed by atoms with Gasteiger partial charge >= 0.3 is 0 Å². The molecule has 0 spiro atoms. The van der Waals surface area contributed by atoms with Gasteiger partial charge in [0.05, 0.1) is 10.7 Å². The lowest BCUT2D eigenvalue weighted by Crippen LogP contribution is -2.16. The quantitative estimate of drug-likeness (QED) is 0.662. The number of amides is 2. The second-order valence-corrected chi connectivity index (χ2v) is 7.54. The van der Waals surface area contributed by atoms with Crippen LogP contribution >= 0.6 is 11.6 Å². The van der Waals surface area contributed by atoms with E-state index in [1.165, 1.54) is 0 Å². The minimum atomic E-state index is -0.423. The van der Waals surface area contributed by atoms with Crippen molar-refractivity contribution in [1.82, 2.24) is 14.8 Å². The van der Waals surface area contributed by atoms with Crippen LogP contribution in [0.4, 0.5) is 11.4 Å². The molecule has 0 saturated heterocycles. The third-order valence-electron chi connectivity index (χ3n) is 4.63. The first kappa shape index (κ1) is 19.1. The monoisotopic (exact) mass is 409 g/mol. The summed E-state index contributed by atoms with van der Waals surface area (Å²) >= 11 is 6.21. The Bertz CT molecular complexity index is 1090. The van der Waals surface area contributed by atoms with Crippen LogP contribution in [-0.2, 0) is 4.79 Å². The highest BCUT2D eigenvalue weighted by atomic mass is 35.5. The molecule has 1 saturated carbocycles. The van der Waals surface area contributed by atoms with Crippen molar-refractivity contribution in [3.8, 4) is 5.82 Å². The van der Waals surface area contributed by atoms with Crippen LogP contribution in [-0.4, -0.2) is 26.6 Å². The number of pyridine rings is 1. The van der Waals surface area contributed by atoms with Gasteiger partial charge in [-0.15, -0.1) is 0 Å². The molecule has 1 aliphatic carbocycles. The molecular weight excluding hydrogens is 390 g/mol. The van der Waals surface area contributed by atoms with Crippen molar-refractivity contribution < 1.29 is 9.59 Å². The van der Waals surface area contributed by atoms with Gasteiger partial charge in [0, 0.05) is 23.0 Å². The Balaban J connectivity index is 1.50. The third kappa shape index (κ3) is 4.30. The summed E-state index contributed by atoms with van der Waals surface area (Å²) in [5, 5.41) is 10.3. The predicted molar refractivity (Wildman–Crippen MR) is 112 cm³/mol. The first-order valence-electron chi connectivity index (χ1n) is 9.33. The molecule has 4 rings (SSSR count). The van der Waals surface area contributed by atoms with E-state index in [1.807, 2.05) is 19.9 Å². The van der Waals surface area contributed by atoms with E-state index in [0.29, 0.717) is 17.2 Å². The molecule has 148 valence electrons. The number of hydrogen-bond donors (Lipinski definition) is 2. The molecule has 1 aliphatic rings. The van der Waals surface area contributed by atoms with Crippen molar-refractivity contribution in [2.75, 3.05) is 10.6 Å². The number of nitrogens with one attached hydrogen (secondary N) is 2. The lowest BCUT2D eigenvalue weighted by atomic mass is 10.2. The van der Waals surface area contributed by atoms with Gasteiger partial charge in [-0.1, -0.05) is 11.6 Å².